The highest BCUT2D eigenvalue weighted by Gasteiger charge is 2.20. The van der Waals surface area contributed by atoms with E-state index in [9.17, 15) is 10.2 Å². The van der Waals surface area contributed by atoms with Gasteiger partial charge in [0.1, 0.15) is 24.2 Å². The predicted molar refractivity (Wildman–Crippen MR) is 136 cm³/mol. The molecule has 0 aliphatic carbocycles. The number of phenols is 2. The van der Waals surface area contributed by atoms with E-state index in [0.29, 0.717) is 22.5 Å². The molecule has 3 rings (SSSR count). The molecule has 0 atom stereocenters. The number of hydrogen-bond acceptors (Lipinski definition) is 4. The smallest absolute Gasteiger partial charge is 0.196 e. The van der Waals surface area contributed by atoms with E-state index in [1.165, 1.54) is 0 Å². The van der Waals surface area contributed by atoms with Crippen LogP contribution < -0.4 is 4.57 Å². The molecule has 3 aromatic rings. The van der Waals surface area contributed by atoms with E-state index in [0.717, 1.165) is 11.1 Å². The van der Waals surface area contributed by atoms with Crippen LogP contribution in [0.4, 0.5) is 11.4 Å². The number of aryl methyl sites for hydroxylation is 1. The molecule has 1 heterocycles. The molecule has 0 unspecified atom stereocenters. The van der Waals surface area contributed by atoms with Crippen molar-refractivity contribution in [1.29, 1.82) is 0 Å². The van der Waals surface area contributed by atoms with E-state index in [4.69, 9.17) is 0 Å². The lowest BCUT2D eigenvalue weighted by Crippen LogP contribution is -2.25. The SMILES string of the molecule is C[n+]1ccc(N=Cc2cccc(C(C)(C)C)c2O)c(N=Cc2cccc(C(C)(C)C)c2O)c1. The number of phenolic OH excluding ortho intramolecular Hbond substituents is 2. The number of aromatic nitrogens is 1. The zero-order valence-corrected chi connectivity index (χ0v) is 20.6. The Kier molecular flexibility index (Phi) is 6.73. The molecule has 5 nitrogen and oxygen atoms in total. The summed E-state index contributed by atoms with van der Waals surface area (Å²) >= 11 is 0. The number of nitrogens with zero attached hydrogens (tertiary/aromatic N) is 3. The number of rotatable bonds is 4. The molecule has 2 aromatic carbocycles. The Morgan fingerprint density at radius 2 is 1.15 bits per heavy atom. The Bertz CT molecular complexity index is 1210. The minimum Gasteiger partial charge on any atom is -0.507 e. The molecular weight excluding hydrogens is 410 g/mol. The lowest BCUT2D eigenvalue weighted by Gasteiger charge is -2.21. The second-order valence-corrected chi connectivity index (χ2v) is 10.4. The summed E-state index contributed by atoms with van der Waals surface area (Å²) in [5, 5.41) is 21.5. The summed E-state index contributed by atoms with van der Waals surface area (Å²) in [7, 11) is 1.92. The minimum absolute atomic E-state index is 0.173. The maximum Gasteiger partial charge on any atom is 0.196 e. The van der Waals surface area contributed by atoms with Crippen molar-refractivity contribution >= 4 is 23.8 Å². The molecule has 0 aliphatic rings. The van der Waals surface area contributed by atoms with E-state index in [1.54, 1.807) is 12.4 Å². The molecule has 0 aliphatic heterocycles. The molecule has 0 amide bonds. The summed E-state index contributed by atoms with van der Waals surface area (Å²) in [4.78, 5) is 9.25. The van der Waals surface area contributed by atoms with E-state index >= 15 is 0 Å². The second kappa shape index (κ2) is 9.18. The Hall–Kier alpha value is -3.47. The van der Waals surface area contributed by atoms with Crippen molar-refractivity contribution < 1.29 is 14.8 Å². The van der Waals surface area contributed by atoms with Crippen LogP contribution in [-0.2, 0) is 17.9 Å². The van der Waals surface area contributed by atoms with Crippen molar-refractivity contribution in [1.82, 2.24) is 0 Å². The predicted octanol–water partition coefficient (Wildman–Crippen LogP) is 6.02. The lowest BCUT2D eigenvalue weighted by molar-refractivity contribution is -0.670. The minimum atomic E-state index is -0.174. The molecule has 0 bridgehead atoms. The highest BCUT2D eigenvalue weighted by Crippen LogP contribution is 2.34. The van der Waals surface area contributed by atoms with E-state index in [2.05, 4.69) is 51.5 Å². The third kappa shape index (κ3) is 5.67. The number of para-hydroxylation sites is 2. The summed E-state index contributed by atoms with van der Waals surface area (Å²) in [5.74, 6) is 0.479. The molecule has 33 heavy (non-hydrogen) atoms. The Balaban J connectivity index is 1.98. The van der Waals surface area contributed by atoms with Crippen LogP contribution in [0.15, 0.2) is 64.8 Å². The largest absolute Gasteiger partial charge is 0.507 e. The number of aliphatic imine (C=N–C) groups is 2. The van der Waals surface area contributed by atoms with Gasteiger partial charge in [0, 0.05) is 29.6 Å². The fourth-order valence-corrected chi connectivity index (χ4v) is 3.60. The van der Waals surface area contributed by atoms with Gasteiger partial charge in [0.2, 0.25) is 0 Å². The normalized spacial score (nSPS) is 12.7. The van der Waals surface area contributed by atoms with E-state index in [1.807, 2.05) is 66.5 Å². The summed E-state index contributed by atoms with van der Waals surface area (Å²) in [5.41, 5.74) is 4.02. The molecule has 5 heteroatoms. The van der Waals surface area contributed by atoms with Crippen LogP contribution in [0.5, 0.6) is 11.5 Å². The average molecular weight is 445 g/mol. The maximum atomic E-state index is 10.7. The highest BCUT2D eigenvalue weighted by molar-refractivity contribution is 5.89. The molecule has 0 fully saturated rings. The first-order valence-electron chi connectivity index (χ1n) is 11.1. The van der Waals surface area contributed by atoms with Crippen LogP contribution in [0.2, 0.25) is 0 Å². The van der Waals surface area contributed by atoms with Gasteiger partial charge < -0.3 is 10.2 Å². The summed E-state index contributed by atoms with van der Waals surface area (Å²) in [6.45, 7) is 12.4. The Morgan fingerprint density at radius 1 is 0.697 bits per heavy atom. The molecule has 172 valence electrons. The summed E-state index contributed by atoms with van der Waals surface area (Å²) < 4.78 is 1.90. The van der Waals surface area contributed by atoms with Gasteiger partial charge in [-0.15, -0.1) is 0 Å². The summed E-state index contributed by atoms with van der Waals surface area (Å²) in [6, 6.07) is 13.3. The van der Waals surface area contributed by atoms with Crippen molar-refractivity contribution in [2.75, 3.05) is 0 Å². The van der Waals surface area contributed by atoms with Crippen molar-refractivity contribution in [2.45, 2.75) is 52.4 Å². The van der Waals surface area contributed by atoms with Crippen molar-refractivity contribution in [3.8, 4) is 11.5 Å². The molecule has 0 saturated carbocycles. The average Bonchev–Trinajstić information content (AvgIpc) is 2.71. The zero-order valence-electron chi connectivity index (χ0n) is 20.6. The van der Waals surface area contributed by atoms with Crippen molar-refractivity contribution in [3.63, 3.8) is 0 Å². The number of hydrogen-bond donors (Lipinski definition) is 2. The number of aromatic hydroxyl groups is 2. The third-order valence-electron chi connectivity index (χ3n) is 5.49. The van der Waals surface area contributed by atoms with Gasteiger partial charge in [-0.2, -0.15) is 0 Å². The van der Waals surface area contributed by atoms with E-state index in [-0.39, 0.29) is 22.3 Å². The third-order valence-corrected chi connectivity index (χ3v) is 5.49. The quantitative estimate of drug-likeness (QED) is 0.382. The van der Waals surface area contributed by atoms with Crippen LogP contribution in [0, 0.1) is 0 Å². The molecule has 2 N–H and O–H groups in total. The molecule has 0 saturated heterocycles. The fraction of sp³-hybridized carbons (Fsp3) is 0.321. The first-order valence-corrected chi connectivity index (χ1v) is 11.1. The monoisotopic (exact) mass is 444 g/mol. The zero-order chi connectivity index (χ0) is 24.4. The second-order valence-electron chi connectivity index (χ2n) is 10.4. The molecule has 1 aromatic heterocycles. The van der Waals surface area contributed by atoms with Crippen molar-refractivity contribution in [3.05, 3.63) is 77.1 Å². The van der Waals surface area contributed by atoms with Crippen LogP contribution >= 0.6 is 0 Å². The molecule has 0 spiro atoms. The first kappa shape index (κ1) is 24.2. The van der Waals surface area contributed by atoms with Crippen molar-refractivity contribution in [2.24, 2.45) is 17.0 Å². The van der Waals surface area contributed by atoms with E-state index < -0.39 is 0 Å². The van der Waals surface area contributed by atoms with Crippen LogP contribution in [-0.4, -0.2) is 22.6 Å². The van der Waals surface area contributed by atoms with Crippen LogP contribution in [0.1, 0.15) is 63.8 Å². The Morgan fingerprint density at radius 3 is 1.61 bits per heavy atom. The van der Waals surface area contributed by atoms with Gasteiger partial charge in [0.15, 0.2) is 18.1 Å². The van der Waals surface area contributed by atoms with Crippen LogP contribution in [0.3, 0.4) is 0 Å². The van der Waals surface area contributed by atoms with Gasteiger partial charge >= 0.3 is 0 Å². The summed E-state index contributed by atoms with van der Waals surface area (Å²) in [6.07, 6.45) is 7.10. The lowest BCUT2D eigenvalue weighted by atomic mass is 9.85. The van der Waals surface area contributed by atoms with Gasteiger partial charge in [-0.1, -0.05) is 65.8 Å². The van der Waals surface area contributed by atoms with Crippen LogP contribution in [0.25, 0.3) is 0 Å². The highest BCUT2D eigenvalue weighted by atomic mass is 16.3. The van der Waals surface area contributed by atoms with Gasteiger partial charge in [0.05, 0.1) is 0 Å². The number of pyridine rings is 1. The maximum absolute atomic E-state index is 10.7. The molecule has 0 radical (unpaired) electrons. The fourth-order valence-electron chi connectivity index (χ4n) is 3.60. The van der Waals surface area contributed by atoms with Gasteiger partial charge in [-0.05, 0) is 34.1 Å². The topological polar surface area (TPSA) is 69.1 Å². The first-order chi connectivity index (χ1) is 15.4. The van der Waals surface area contributed by atoms with Gasteiger partial charge in [-0.3, -0.25) is 4.99 Å². The Labute approximate surface area is 196 Å². The standard InChI is InChI=1S/C28H33N3O2/c1-27(2,3)21-12-8-10-19(25(21)32)16-29-23-14-15-31(7)18-24(23)30-17-20-11-9-13-22(26(20)33)28(4,5)6/h8-18H,1-7H3,(H,30,33)/p+1. The molecular formula is C28H34N3O2+. The van der Waals surface area contributed by atoms with Gasteiger partial charge in [-0.25, -0.2) is 9.56 Å². The number of benzene rings is 2. The van der Waals surface area contributed by atoms with Gasteiger partial charge in [0.25, 0.3) is 0 Å².